The molecule has 1 fully saturated rings. The highest BCUT2D eigenvalue weighted by atomic mass is 19.1. The first kappa shape index (κ1) is 26.3. The average molecular weight is 527 g/mol. The van der Waals surface area contributed by atoms with Crippen LogP contribution < -0.4 is 5.32 Å². The maximum atomic E-state index is 13.9. The van der Waals surface area contributed by atoms with E-state index >= 15 is 0 Å². The second-order valence-corrected chi connectivity index (χ2v) is 9.75. The molecule has 5 rings (SSSR count). The van der Waals surface area contributed by atoms with Crippen LogP contribution in [0.3, 0.4) is 0 Å². The van der Waals surface area contributed by atoms with Gasteiger partial charge in [0.2, 0.25) is 0 Å². The highest BCUT2D eigenvalue weighted by Crippen LogP contribution is 2.35. The summed E-state index contributed by atoms with van der Waals surface area (Å²) in [4.78, 5) is 16.4. The van der Waals surface area contributed by atoms with Crippen LogP contribution in [-0.2, 0) is 9.53 Å². The summed E-state index contributed by atoms with van der Waals surface area (Å²) in [5.41, 5.74) is 4.97. The normalized spacial score (nSPS) is 18.2. The molecule has 4 aromatic rings. The molecule has 0 aliphatic carbocycles. The van der Waals surface area contributed by atoms with Crippen LogP contribution in [0.5, 0.6) is 0 Å². The molecular weight excluding hydrogens is 495 g/mol. The van der Waals surface area contributed by atoms with E-state index in [1.807, 2.05) is 53.2 Å². The number of pyridine rings is 1. The Bertz CT molecular complexity index is 1470. The number of ether oxygens (including phenoxy) is 1. The van der Waals surface area contributed by atoms with E-state index in [-0.39, 0.29) is 18.2 Å². The Hall–Kier alpha value is -4.30. The molecule has 2 N–H and O–H groups in total. The van der Waals surface area contributed by atoms with Gasteiger partial charge in [-0.3, -0.25) is 4.79 Å². The third-order valence-electron chi connectivity index (χ3n) is 6.85. The van der Waals surface area contributed by atoms with Crippen LogP contribution in [0.4, 0.5) is 15.9 Å². The molecule has 0 radical (unpaired) electrons. The Morgan fingerprint density at radius 3 is 2.67 bits per heavy atom. The van der Waals surface area contributed by atoms with Gasteiger partial charge in [-0.25, -0.2) is 14.1 Å². The number of nitrogens with zero attached hydrogens (tertiary/aromatic N) is 3. The molecule has 39 heavy (non-hydrogen) atoms. The second kappa shape index (κ2) is 11.6. The van der Waals surface area contributed by atoms with E-state index in [0.29, 0.717) is 12.2 Å². The van der Waals surface area contributed by atoms with E-state index in [1.165, 1.54) is 12.1 Å². The Labute approximate surface area is 227 Å². The maximum absolute atomic E-state index is 13.9. The lowest BCUT2D eigenvalue weighted by molar-refractivity contribution is -0.156. The minimum atomic E-state index is -0.735. The monoisotopic (exact) mass is 526 g/mol. The Morgan fingerprint density at radius 1 is 1.18 bits per heavy atom. The number of carbonyl (C=O) groups is 1. The molecule has 0 spiro atoms. The lowest BCUT2D eigenvalue weighted by Gasteiger charge is -2.23. The Balaban J connectivity index is 1.63. The first-order valence-electron chi connectivity index (χ1n) is 13.1. The zero-order valence-electron chi connectivity index (χ0n) is 21.9. The molecule has 1 saturated heterocycles. The van der Waals surface area contributed by atoms with Crippen molar-refractivity contribution in [2.24, 2.45) is 0 Å². The second-order valence-electron chi connectivity index (χ2n) is 9.75. The largest absolute Gasteiger partial charge is 0.458 e. The van der Waals surface area contributed by atoms with Gasteiger partial charge in [-0.15, -0.1) is 0 Å². The highest BCUT2D eigenvalue weighted by Gasteiger charge is 2.27. The van der Waals surface area contributed by atoms with Gasteiger partial charge in [0, 0.05) is 41.4 Å². The molecule has 0 saturated carbocycles. The minimum Gasteiger partial charge on any atom is -0.458 e. The standard InChI is InChI=1S/C31H31FN4O3/c1-3-20(2)30-27(14-13-26-18-25(37)19-29(38)39-26)31(21-9-11-22(32)12-10-21)36(35-30)24-15-16-33-28(17-24)34-23-7-5-4-6-8-23/h4-17,20,25-26,37H,3,18-19H2,1-2H3,(H,33,34)/t20?,25-,26+/m1/s1. The van der Waals surface area contributed by atoms with Crippen LogP contribution >= 0.6 is 0 Å². The van der Waals surface area contributed by atoms with E-state index in [0.717, 1.165) is 40.3 Å². The van der Waals surface area contributed by atoms with Crippen molar-refractivity contribution < 1.29 is 19.0 Å². The summed E-state index contributed by atoms with van der Waals surface area (Å²) in [5, 5.41) is 18.4. The third kappa shape index (κ3) is 6.07. The van der Waals surface area contributed by atoms with Crippen LogP contribution in [0.15, 0.2) is 79.0 Å². The van der Waals surface area contributed by atoms with Gasteiger partial charge in [0.1, 0.15) is 17.7 Å². The molecule has 8 heteroatoms. The molecule has 3 atom stereocenters. The van der Waals surface area contributed by atoms with E-state index in [9.17, 15) is 14.3 Å². The van der Waals surface area contributed by atoms with Gasteiger partial charge < -0.3 is 15.2 Å². The molecule has 0 amide bonds. The zero-order valence-corrected chi connectivity index (χ0v) is 21.9. The molecule has 1 unspecified atom stereocenters. The lowest BCUT2D eigenvalue weighted by atomic mass is 9.96. The van der Waals surface area contributed by atoms with Crippen LogP contribution in [0.25, 0.3) is 23.0 Å². The van der Waals surface area contributed by atoms with E-state index in [2.05, 4.69) is 24.1 Å². The topological polar surface area (TPSA) is 89.3 Å². The Morgan fingerprint density at radius 2 is 1.95 bits per heavy atom. The number of aliphatic hydroxyl groups is 1. The van der Waals surface area contributed by atoms with Crippen molar-refractivity contribution in [1.82, 2.24) is 14.8 Å². The number of esters is 1. The number of carbonyl (C=O) groups excluding carboxylic acids is 1. The molecule has 200 valence electrons. The Kier molecular flexibility index (Phi) is 7.84. The van der Waals surface area contributed by atoms with Crippen LogP contribution in [-0.4, -0.2) is 38.0 Å². The number of para-hydroxylation sites is 1. The highest BCUT2D eigenvalue weighted by molar-refractivity contribution is 5.77. The van der Waals surface area contributed by atoms with Gasteiger partial charge in [0.25, 0.3) is 0 Å². The predicted octanol–water partition coefficient (Wildman–Crippen LogP) is 6.41. The number of halogens is 1. The van der Waals surface area contributed by atoms with Crippen LogP contribution in [0.1, 0.15) is 50.3 Å². The SMILES string of the molecule is CCC(C)c1nn(-c2ccnc(Nc3ccccc3)c2)c(-c2ccc(F)cc2)c1C=C[C@H]1C[C@@H](O)CC(=O)O1. The van der Waals surface area contributed by atoms with Gasteiger partial charge in [0.15, 0.2) is 0 Å². The number of aliphatic hydroxyl groups excluding tert-OH is 1. The van der Waals surface area contributed by atoms with Crippen molar-refractivity contribution >= 4 is 23.6 Å². The number of aromatic nitrogens is 3. The molecular formula is C31H31FN4O3. The number of cyclic esters (lactones) is 1. The van der Waals surface area contributed by atoms with Crippen molar-refractivity contribution in [3.63, 3.8) is 0 Å². The van der Waals surface area contributed by atoms with Gasteiger partial charge in [-0.1, -0.05) is 38.1 Å². The third-order valence-corrected chi connectivity index (χ3v) is 6.85. The van der Waals surface area contributed by atoms with Gasteiger partial charge in [-0.05, 0) is 55.0 Å². The number of hydrogen-bond donors (Lipinski definition) is 2. The number of hydrogen-bond acceptors (Lipinski definition) is 6. The zero-order chi connectivity index (χ0) is 27.4. The summed E-state index contributed by atoms with van der Waals surface area (Å²) >= 11 is 0. The predicted molar refractivity (Wildman–Crippen MR) is 149 cm³/mol. The fraction of sp³-hybridized carbons (Fsp3) is 0.258. The summed E-state index contributed by atoms with van der Waals surface area (Å²) in [6.07, 6.45) is 5.34. The fourth-order valence-electron chi connectivity index (χ4n) is 4.66. The van der Waals surface area contributed by atoms with Crippen molar-refractivity contribution in [3.05, 3.63) is 96.1 Å². The fourth-order valence-corrected chi connectivity index (χ4v) is 4.66. The number of nitrogens with one attached hydrogen (secondary N) is 1. The molecule has 7 nitrogen and oxygen atoms in total. The van der Waals surface area contributed by atoms with E-state index in [4.69, 9.17) is 9.84 Å². The van der Waals surface area contributed by atoms with Crippen molar-refractivity contribution in [3.8, 4) is 16.9 Å². The number of benzene rings is 2. The van der Waals surface area contributed by atoms with Crippen molar-refractivity contribution in [2.45, 2.75) is 51.2 Å². The van der Waals surface area contributed by atoms with Crippen LogP contribution in [0.2, 0.25) is 0 Å². The quantitative estimate of drug-likeness (QED) is 0.258. The number of rotatable bonds is 8. The smallest absolute Gasteiger partial charge is 0.309 e. The summed E-state index contributed by atoms with van der Waals surface area (Å²) in [6.45, 7) is 4.21. The summed E-state index contributed by atoms with van der Waals surface area (Å²) in [7, 11) is 0. The van der Waals surface area contributed by atoms with Gasteiger partial charge in [-0.2, -0.15) is 5.10 Å². The van der Waals surface area contributed by atoms with Crippen molar-refractivity contribution in [1.29, 1.82) is 0 Å². The summed E-state index contributed by atoms with van der Waals surface area (Å²) in [5.74, 6) is 0.0264. The number of anilines is 2. The van der Waals surface area contributed by atoms with E-state index in [1.54, 1.807) is 24.4 Å². The molecule has 1 aliphatic rings. The first-order valence-corrected chi connectivity index (χ1v) is 13.1. The molecule has 0 bridgehead atoms. The molecule has 2 aromatic carbocycles. The molecule has 1 aliphatic heterocycles. The molecule has 3 heterocycles. The summed E-state index contributed by atoms with van der Waals surface area (Å²) in [6, 6.07) is 19.9. The van der Waals surface area contributed by atoms with Gasteiger partial charge >= 0.3 is 5.97 Å². The first-order chi connectivity index (χ1) is 18.9. The van der Waals surface area contributed by atoms with E-state index < -0.39 is 18.2 Å². The van der Waals surface area contributed by atoms with Gasteiger partial charge in [0.05, 0.1) is 29.6 Å². The molecule has 2 aromatic heterocycles. The maximum Gasteiger partial charge on any atom is 0.309 e. The summed E-state index contributed by atoms with van der Waals surface area (Å²) < 4.78 is 21.2. The van der Waals surface area contributed by atoms with Crippen LogP contribution in [0, 0.1) is 5.82 Å². The minimum absolute atomic E-state index is 0.00259. The lowest BCUT2D eigenvalue weighted by Crippen LogP contribution is -2.31. The van der Waals surface area contributed by atoms with Crippen molar-refractivity contribution in [2.75, 3.05) is 5.32 Å². The average Bonchev–Trinajstić information content (AvgIpc) is 3.31.